The fraction of sp³-hybridized carbons (Fsp3) is 0.500. The van der Waals surface area contributed by atoms with E-state index in [2.05, 4.69) is 35.9 Å². The van der Waals surface area contributed by atoms with Crippen LogP contribution in [0.1, 0.15) is 69.8 Å². The molecule has 0 spiro atoms. The second-order valence-corrected chi connectivity index (χ2v) is 7.73. The van der Waals surface area contributed by atoms with Gasteiger partial charge >= 0.3 is 0 Å². The number of unbranched alkanes of at least 4 members (excludes halogenated alkanes) is 2. The summed E-state index contributed by atoms with van der Waals surface area (Å²) in [4.78, 5) is 0. The molecule has 3 heteroatoms. The lowest BCUT2D eigenvalue weighted by atomic mass is 9.77. The molecule has 2 aromatic carbocycles. The molecule has 3 rings (SSSR count). The summed E-state index contributed by atoms with van der Waals surface area (Å²) in [5.74, 6) is 0.989. The summed E-state index contributed by atoms with van der Waals surface area (Å²) in [6.45, 7) is 1.24. The fourth-order valence-corrected chi connectivity index (χ4v) is 4.27. The van der Waals surface area contributed by atoms with Crippen LogP contribution < -0.4 is 4.74 Å². The van der Waals surface area contributed by atoms with Gasteiger partial charge in [-0.25, -0.2) is 8.78 Å². The van der Waals surface area contributed by atoms with E-state index in [9.17, 15) is 8.78 Å². The van der Waals surface area contributed by atoms with Gasteiger partial charge in [0.15, 0.2) is 11.6 Å². The Labute approximate surface area is 161 Å². The second kappa shape index (κ2) is 9.87. The molecule has 1 aliphatic rings. The first kappa shape index (κ1) is 19.9. The minimum Gasteiger partial charge on any atom is -0.460 e. The number of hydrogen-bond donors (Lipinski definition) is 0. The van der Waals surface area contributed by atoms with E-state index in [-0.39, 0.29) is 5.75 Å². The lowest BCUT2D eigenvalue weighted by Gasteiger charge is -2.29. The Bertz CT molecular complexity index is 703. The summed E-state index contributed by atoms with van der Waals surface area (Å²) in [6, 6.07) is 13.1. The molecule has 0 aromatic heterocycles. The van der Waals surface area contributed by atoms with E-state index in [1.54, 1.807) is 6.07 Å². The standard InChI is InChI=1S/C24H30F2O/c1-2-3-4-5-18-6-8-19(9-7-18)20-10-12-21(13-11-20)22-14-15-24(27-17-25)23(26)16-22/h10-16,18-19H,2-9,17H2,1H3. The molecule has 0 amide bonds. The van der Waals surface area contributed by atoms with Crippen molar-refractivity contribution < 1.29 is 13.5 Å². The normalized spacial score (nSPS) is 19.8. The van der Waals surface area contributed by atoms with Gasteiger partial charge in [0.2, 0.25) is 6.86 Å². The lowest BCUT2D eigenvalue weighted by molar-refractivity contribution is 0.184. The van der Waals surface area contributed by atoms with Gasteiger partial charge in [0.25, 0.3) is 0 Å². The van der Waals surface area contributed by atoms with Gasteiger partial charge in [-0.3, -0.25) is 0 Å². The molecule has 0 unspecified atom stereocenters. The Balaban J connectivity index is 1.59. The number of halogens is 2. The quantitative estimate of drug-likeness (QED) is 0.432. The van der Waals surface area contributed by atoms with Crippen LogP contribution in [0, 0.1) is 11.7 Å². The zero-order valence-corrected chi connectivity index (χ0v) is 16.2. The van der Waals surface area contributed by atoms with E-state index in [0.717, 1.165) is 17.0 Å². The molecule has 1 saturated carbocycles. The van der Waals surface area contributed by atoms with Crippen molar-refractivity contribution in [2.24, 2.45) is 5.92 Å². The maximum absolute atomic E-state index is 13.9. The van der Waals surface area contributed by atoms with E-state index in [0.29, 0.717) is 5.92 Å². The van der Waals surface area contributed by atoms with Gasteiger partial charge in [-0.05, 0) is 66.3 Å². The molecule has 2 aromatic rings. The Morgan fingerprint density at radius 2 is 1.63 bits per heavy atom. The third kappa shape index (κ3) is 5.31. The van der Waals surface area contributed by atoms with Gasteiger partial charge in [-0.1, -0.05) is 62.9 Å². The molecule has 0 radical (unpaired) electrons. The van der Waals surface area contributed by atoms with Crippen LogP contribution in [0.5, 0.6) is 5.75 Å². The molecule has 1 fully saturated rings. The van der Waals surface area contributed by atoms with Gasteiger partial charge < -0.3 is 4.74 Å². The first-order chi connectivity index (χ1) is 13.2. The molecule has 27 heavy (non-hydrogen) atoms. The van der Waals surface area contributed by atoms with Crippen molar-refractivity contribution in [3.63, 3.8) is 0 Å². The SMILES string of the molecule is CCCCCC1CCC(c2ccc(-c3ccc(OCF)c(F)c3)cc2)CC1. The molecule has 146 valence electrons. The van der Waals surface area contributed by atoms with Crippen LogP contribution in [-0.2, 0) is 0 Å². The third-order valence-electron chi connectivity index (χ3n) is 5.92. The fourth-order valence-electron chi connectivity index (χ4n) is 4.27. The molecule has 0 saturated heterocycles. The van der Waals surface area contributed by atoms with Gasteiger partial charge in [0, 0.05) is 0 Å². The van der Waals surface area contributed by atoms with E-state index in [4.69, 9.17) is 0 Å². The molecule has 0 bridgehead atoms. The number of benzene rings is 2. The predicted molar refractivity (Wildman–Crippen MR) is 107 cm³/mol. The van der Waals surface area contributed by atoms with Gasteiger partial charge in [-0.2, -0.15) is 0 Å². The van der Waals surface area contributed by atoms with Crippen LogP contribution in [-0.4, -0.2) is 6.86 Å². The number of hydrogen-bond acceptors (Lipinski definition) is 1. The minimum atomic E-state index is -1.02. The zero-order valence-electron chi connectivity index (χ0n) is 16.2. The molecule has 0 atom stereocenters. The van der Waals surface area contributed by atoms with E-state index < -0.39 is 12.7 Å². The van der Waals surface area contributed by atoms with Crippen molar-refractivity contribution in [3.05, 3.63) is 53.8 Å². The van der Waals surface area contributed by atoms with Gasteiger partial charge in [0.1, 0.15) is 0 Å². The highest BCUT2D eigenvalue weighted by molar-refractivity contribution is 5.64. The highest BCUT2D eigenvalue weighted by Gasteiger charge is 2.22. The summed E-state index contributed by atoms with van der Waals surface area (Å²) in [5.41, 5.74) is 3.14. The summed E-state index contributed by atoms with van der Waals surface area (Å²) in [6.07, 6.45) is 10.7. The van der Waals surface area contributed by atoms with Crippen LogP contribution in [0.2, 0.25) is 0 Å². The highest BCUT2D eigenvalue weighted by atomic mass is 19.1. The van der Waals surface area contributed by atoms with E-state index in [1.807, 2.05) is 0 Å². The molecule has 1 aliphatic carbocycles. The Hall–Kier alpha value is -1.90. The summed E-state index contributed by atoms with van der Waals surface area (Å²) in [5, 5.41) is 0. The van der Waals surface area contributed by atoms with E-state index in [1.165, 1.54) is 69.1 Å². The van der Waals surface area contributed by atoms with Crippen molar-refractivity contribution in [2.75, 3.05) is 6.86 Å². The highest BCUT2D eigenvalue weighted by Crippen LogP contribution is 2.38. The maximum atomic E-state index is 13.9. The summed E-state index contributed by atoms with van der Waals surface area (Å²) in [7, 11) is 0. The van der Waals surface area contributed by atoms with Crippen molar-refractivity contribution in [1.82, 2.24) is 0 Å². The van der Waals surface area contributed by atoms with Crippen molar-refractivity contribution in [1.29, 1.82) is 0 Å². The molecule has 0 aliphatic heterocycles. The van der Waals surface area contributed by atoms with Crippen LogP contribution in [0.25, 0.3) is 11.1 Å². The molecule has 1 nitrogen and oxygen atoms in total. The van der Waals surface area contributed by atoms with Gasteiger partial charge in [-0.15, -0.1) is 0 Å². The van der Waals surface area contributed by atoms with E-state index >= 15 is 0 Å². The first-order valence-electron chi connectivity index (χ1n) is 10.3. The van der Waals surface area contributed by atoms with Crippen molar-refractivity contribution >= 4 is 0 Å². The Kier molecular flexibility index (Phi) is 7.25. The number of ether oxygens (including phenoxy) is 1. The average Bonchev–Trinajstić information content (AvgIpc) is 2.71. The number of alkyl halides is 1. The molecular formula is C24H30F2O. The largest absolute Gasteiger partial charge is 0.460 e. The van der Waals surface area contributed by atoms with Gasteiger partial charge in [0.05, 0.1) is 0 Å². The van der Waals surface area contributed by atoms with Crippen LogP contribution in [0.15, 0.2) is 42.5 Å². The first-order valence-corrected chi connectivity index (χ1v) is 10.3. The monoisotopic (exact) mass is 372 g/mol. The molecular weight excluding hydrogens is 342 g/mol. The zero-order chi connectivity index (χ0) is 19.1. The summed E-state index contributed by atoms with van der Waals surface area (Å²) < 4.78 is 30.8. The Morgan fingerprint density at radius 3 is 2.26 bits per heavy atom. The predicted octanol–water partition coefficient (Wildman–Crippen LogP) is 7.65. The Morgan fingerprint density at radius 1 is 0.926 bits per heavy atom. The second-order valence-electron chi connectivity index (χ2n) is 7.73. The maximum Gasteiger partial charge on any atom is 0.228 e. The van der Waals surface area contributed by atoms with Crippen LogP contribution >= 0.6 is 0 Å². The minimum absolute atomic E-state index is 0.0476. The van der Waals surface area contributed by atoms with Crippen LogP contribution in [0.4, 0.5) is 8.78 Å². The van der Waals surface area contributed by atoms with Crippen molar-refractivity contribution in [3.8, 4) is 16.9 Å². The topological polar surface area (TPSA) is 9.23 Å². The van der Waals surface area contributed by atoms with Crippen LogP contribution in [0.3, 0.4) is 0 Å². The molecule has 0 heterocycles. The average molecular weight is 372 g/mol. The summed E-state index contributed by atoms with van der Waals surface area (Å²) >= 11 is 0. The third-order valence-corrected chi connectivity index (χ3v) is 5.92. The lowest BCUT2D eigenvalue weighted by Crippen LogP contribution is -2.13. The number of rotatable bonds is 8. The molecule has 0 N–H and O–H groups in total. The smallest absolute Gasteiger partial charge is 0.228 e. The van der Waals surface area contributed by atoms with Crippen molar-refractivity contribution in [2.45, 2.75) is 64.2 Å².